The van der Waals surface area contributed by atoms with Crippen LogP contribution in [0, 0.1) is 0 Å². The molecule has 0 aromatic heterocycles. The molecule has 0 spiro atoms. The molecule has 0 unspecified atom stereocenters. The Balaban J connectivity index is 1.97. The van der Waals surface area contributed by atoms with Gasteiger partial charge in [-0.2, -0.15) is 17.5 Å². The van der Waals surface area contributed by atoms with Crippen molar-refractivity contribution in [2.75, 3.05) is 13.6 Å². The molecule has 1 N–H and O–H groups in total. The fourth-order valence-corrected chi connectivity index (χ4v) is 3.32. The van der Waals surface area contributed by atoms with Gasteiger partial charge in [-0.1, -0.05) is 30.3 Å². The Labute approximate surface area is 149 Å². The molecule has 2 aromatic rings. The Morgan fingerprint density at radius 2 is 1.73 bits per heavy atom. The number of nitrogens with zero attached hydrogens (tertiary/aromatic N) is 1. The molecule has 5 nitrogen and oxygen atoms in total. The molecule has 140 valence electrons. The molecular formula is C17H17F3N2O3S. The van der Waals surface area contributed by atoms with Crippen molar-refractivity contribution in [1.82, 2.24) is 9.62 Å². The zero-order chi connectivity index (χ0) is 19.4. The van der Waals surface area contributed by atoms with E-state index < -0.39 is 34.2 Å². The highest BCUT2D eigenvalue weighted by atomic mass is 32.2. The van der Waals surface area contributed by atoms with Gasteiger partial charge in [0.15, 0.2) is 0 Å². The Hall–Kier alpha value is -2.39. The number of benzene rings is 2. The summed E-state index contributed by atoms with van der Waals surface area (Å²) < 4.78 is 63.5. The van der Waals surface area contributed by atoms with Gasteiger partial charge in [0.1, 0.15) is 0 Å². The number of hydrogen-bond acceptors (Lipinski definition) is 3. The van der Waals surface area contributed by atoms with Gasteiger partial charge in [0, 0.05) is 13.6 Å². The van der Waals surface area contributed by atoms with Crippen molar-refractivity contribution in [3.05, 3.63) is 65.7 Å². The summed E-state index contributed by atoms with van der Waals surface area (Å²) in [6, 6.07) is 12.2. The van der Waals surface area contributed by atoms with Crippen LogP contribution >= 0.6 is 0 Å². The normalized spacial score (nSPS) is 12.2. The van der Waals surface area contributed by atoms with Crippen molar-refractivity contribution in [1.29, 1.82) is 0 Å². The third-order valence-electron chi connectivity index (χ3n) is 3.56. The average Bonchev–Trinajstić information content (AvgIpc) is 2.60. The first-order chi connectivity index (χ1) is 12.1. The van der Waals surface area contributed by atoms with Gasteiger partial charge in [0.05, 0.1) is 17.0 Å². The van der Waals surface area contributed by atoms with E-state index in [9.17, 15) is 26.4 Å². The summed E-state index contributed by atoms with van der Waals surface area (Å²) in [7, 11) is -2.56. The fourth-order valence-electron chi connectivity index (χ4n) is 2.17. The average molecular weight is 386 g/mol. The van der Waals surface area contributed by atoms with E-state index in [0.717, 1.165) is 16.4 Å². The van der Waals surface area contributed by atoms with Gasteiger partial charge in [-0.3, -0.25) is 4.79 Å². The topological polar surface area (TPSA) is 66.5 Å². The number of carbonyl (C=O) groups excluding carboxylic acids is 1. The molecule has 0 fully saturated rings. The predicted molar refractivity (Wildman–Crippen MR) is 89.5 cm³/mol. The van der Waals surface area contributed by atoms with Crippen LogP contribution in [0.3, 0.4) is 0 Å². The van der Waals surface area contributed by atoms with Crippen LogP contribution in [0.25, 0.3) is 0 Å². The first-order valence-electron chi connectivity index (χ1n) is 7.55. The number of amides is 1. The van der Waals surface area contributed by atoms with E-state index in [1.165, 1.54) is 31.3 Å². The first kappa shape index (κ1) is 19.9. The Morgan fingerprint density at radius 3 is 2.35 bits per heavy atom. The Morgan fingerprint density at radius 1 is 1.08 bits per heavy atom. The summed E-state index contributed by atoms with van der Waals surface area (Å²) in [6.45, 7) is -0.585. The van der Waals surface area contributed by atoms with Crippen LogP contribution in [-0.2, 0) is 27.5 Å². The lowest BCUT2D eigenvalue weighted by Crippen LogP contribution is -2.38. The SMILES string of the molecule is CN(CC(=O)NCc1cccc(C(F)(F)F)c1)S(=O)(=O)c1ccccc1. The van der Waals surface area contributed by atoms with E-state index in [-0.39, 0.29) is 17.0 Å². The van der Waals surface area contributed by atoms with Crippen LogP contribution in [-0.4, -0.2) is 32.2 Å². The van der Waals surface area contributed by atoms with Gasteiger partial charge in [0.25, 0.3) is 0 Å². The van der Waals surface area contributed by atoms with Crippen LogP contribution in [0.4, 0.5) is 13.2 Å². The molecule has 0 saturated heterocycles. The van der Waals surface area contributed by atoms with Gasteiger partial charge in [0.2, 0.25) is 15.9 Å². The fraction of sp³-hybridized carbons (Fsp3) is 0.235. The number of hydrogen-bond donors (Lipinski definition) is 1. The number of rotatable bonds is 6. The van der Waals surface area contributed by atoms with Crippen LogP contribution in [0.2, 0.25) is 0 Å². The van der Waals surface area contributed by atoms with E-state index in [1.807, 2.05) is 0 Å². The van der Waals surface area contributed by atoms with Gasteiger partial charge < -0.3 is 5.32 Å². The van der Waals surface area contributed by atoms with Crippen molar-refractivity contribution in [3.8, 4) is 0 Å². The van der Waals surface area contributed by atoms with E-state index in [4.69, 9.17) is 0 Å². The van der Waals surface area contributed by atoms with E-state index in [0.29, 0.717) is 0 Å². The van der Waals surface area contributed by atoms with Crippen LogP contribution in [0.5, 0.6) is 0 Å². The standard InChI is InChI=1S/C17H17F3N2O3S/c1-22(26(24,25)15-8-3-2-4-9-15)12-16(23)21-11-13-6-5-7-14(10-13)17(18,19)20/h2-10H,11-12H2,1H3,(H,21,23). The van der Waals surface area contributed by atoms with Crippen LogP contribution in [0.15, 0.2) is 59.5 Å². The van der Waals surface area contributed by atoms with E-state index in [1.54, 1.807) is 18.2 Å². The molecule has 0 bridgehead atoms. The number of likely N-dealkylation sites (N-methyl/N-ethyl adjacent to an activating group) is 1. The molecule has 2 aromatic carbocycles. The minimum absolute atomic E-state index is 0.0492. The number of halogens is 3. The maximum Gasteiger partial charge on any atom is 0.416 e. The second kappa shape index (κ2) is 7.88. The van der Waals surface area contributed by atoms with Crippen molar-refractivity contribution in [2.45, 2.75) is 17.6 Å². The lowest BCUT2D eigenvalue weighted by molar-refractivity contribution is -0.137. The molecule has 0 radical (unpaired) electrons. The highest BCUT2D eigenvalue weighted by Gasteiger charge is 2.30. The van der Waals surface area contributed by atoms with Crippen LogP contribution < -0.4 is 5.32 Å². The lowest BCUT2D eigenvalue weighted by Gasteiger charge is -2.17. The van der Waals surface area contributed by atoms with Crippen molar-refractivity contribution >= 4 is 15.9 Å². The maximum absolute atomic E-state index is 12.7. The number of alkyl halides is 3. The third kappa shape index (κ3) is 5.06. The summed E-state index contributed by atoms with van der Waals surface area (Å²) >= 11 is 0. The predicted octanol–water partition coefficient (Wildman–Crippen LogP) is 2.64. The molecule has 26 heavy (non-hydrogen) atoms. The monoisotopic (exact) mass is 386 g/mol. The van der Waals surface area contributed by atoms with Crippen molar-refractivity contribution < 1.29 is 26.4 Å². The van der Waals surface area contributed by atoms with Gasteiger partial charge in [-0.05, 0) is 29.8 Å². The molecule has 0 aliphatic carbocycles. The second-order valence-electron chi connectivity index (χ2n) is 5.55. The molecule has 0 saturated carbocycles. The summed E-state index contributed by atoms with van der Waals surface area (Å²) in [6.07, 6.45) is -4.47. The van der Waals surface area contributed by atoms with E-state index in [2.05, 4.69) is 5.32 Å². The molecule has 0 atom stereocenters. The molecular weight excluding hydrogens is 369 g/mol. The summed E-state index contributed by atoms with van der Waals surface area (Å²) in [5.41, 5.74) is -0.547. The number of sulfonamides is 1. The van der Waals surface area contributed by atoms with Crippen molar-refractivity contribution in [3.63, 3.8) is 0 Å². The maximum atomic E-state index is 12.7. The minimum atomic E-state index is -4.47. The van der Waals surface area contributed by atoms with Crippen LogP contribution in [0.1, 0.15) is 11.1 Å². The van der Waals surface area contributed by atoms with Gasteiger partial charge in [-0.25, -0.2) is 8.42 Å². The van der Waals surface area contributed by atoms with Gasteiger partial charge in [-0.15, -0.1) is 0 Å². The molecule has 2 rings (SSSR count). The minimum Gasteiger partial charge on any atom is -0.351 e. The molecule has 1 amide bonds. The lowest BCUT2D eigenvalue weighted by atomic mass is 10.1. The van der Waals surface area contributed by atoms with E-state index >= 15 is 0 Å². The second-order valence-corrected chi connectivity index (χ2v) is 7.59. The smallest absolute Gasteiger partial charge is 0.351 e. The quantitative estimate of drug-likeness (QED) is 0.830. The number of carbonyl (C=O) groups is 1. The highest BCUT2D eigenvalue weighted by molar-refractivity contribution is 7.89. The number of nitrogens with one attached hydrogen (secondary N) is 1. The summed E-state index contributed by atoms with van der Waals surface area (Å²) in [5.74, 6) is -0.621. The Bertz CT molecular complexity index is 868. The first-order valence-corrected chi connectivity index (χ1v) is 8.99. The molecule has 0 aliphatic heterocycles. The van der Waals surface area contributed by atoms with Gasteiger partial charge >= 0.3 is 6.18 Å². The third-order valence-corrected chi connectivity index (χ3v) is 5.38. The zero-order valence-electron chi connectivity index (χ0n) is 13.8. The van der Waals surface area contributed by atoms with Crippen molar-refractivity contribution in [2.24, 2.45) is 0 Å². The largest absolute Gasteiger partial charge is 0.416 e. The molecule has 9 heteroatoms. The Kier molecular flexibility index (Phi) is 6.04. The summed E-state index contributed by atoms with van der Waals surface area (Å²) in [5, 5.41) is 2.42. The highest BCUT2D eigenvalue weighted by Crippen LogP contribution is 2.29. The molecule has 0 heterocycles. The zero-order valence-corrected chi connectivity index (χ0v) is 14.6. The molecule has 0 aliphatic rings. The summed E-state index contributed by atoms with van der Waals surface area (Å²) in [4.78, 5) is 12.0.